The van der Waals surface area contributed by atoms with E-state index in [0.717, 1.165) is 5.56 Å². The maximum absolute atomic E-state index is 11.2. The lowest BCUT2D eigenvalue weighted by atomic mass is 10.1. The highest BCUT2D eigenvalue weighted by atomic mass is 16.6. The number of hydrogen-bond acceptors (Lipinski definition) is 3. The molecule has 0 aromatic heterocycles. The van der Waals surface area contributed by atoms with Gasteiger partial charge in [-0.3, -0.25) is 0 Å². The van der Waals surface area contributed by atoms with Crippen LogP contribution in [0.25, 0.3) is 0 Å². The largest absolute Gasteiger partial charge is 0.467 e. The van der Waals surface area contributed by atoms with Crippen LogP contribution in [0, 0.1) is 0 Å². The first-order valence-corrected chi connectivity index (χ1v) is 3.95. The van der Waals surface area contributed by atoms with Crippen molar-refractivity contribution in [2.45, 2.75) is 6.10 Å². The van der Waals surface area contributed by atoms with E-state index in [-0.39, 0.29) is 5.97 Å². The van der Waals surface area contributed by atoms with Crippen molar-refractivity contribution in [2.75, 3.05) is 14.2 Å². The number of carbonyl (C=O) groups excluding carboxylic acids is 1. The number of esters is 1. The third-order valence-corrected chi connectivity index (χ3v) is 1.75. The number of hydrogen-bond donors (Lipinski definition) is 0. The molecule has 13 heavy (non-hydrogen) atoms. The second-order valence-electron chi connectivity index (χ2n) is 2.55. The van der Waals surface area contributed by atoms with Gasteiger partial charge in [-0.2, -0.15) is 0 Å². The molecule has 0 spiro atoms. The first-order chi connectivity index (χ1) is 6.29. The van der Waals surface area contributed by atoms with Crippen LogP contribution in [-0.4, -0.2) is 20.2 Å². The van der Waals surface area contributed by atoms with Crippen molar-refractivity contribution in [1.29, 1.82) is 0 Å². The second-order valence-corrected chi connectivity index (χ2v) is 2.55. The molecule has 0 aliphatic carbocycles. The molecular formula is C10H12O3. The summed E-state index contributed by atoms with van der Waals surface area (Å²) in [4.78, 5) is 11.2. The normalized spacial score (nSPS) is 12.2. The maximum atomic E-state index is 11.2. The van der Waals surface area contributed by atoms with E-state index in [1.165, 1.54) is 14.2 Å². The Labute approximate surface area is 77.3 Å². The predicted octanol–water partition coefficient (Wildman–Crippen LogP) is 1.55. The smallest absolute Gasteiger partial charge is 0.339 e. The van der Waals surface area contributed by atoms with Crippen LogP contribution in [0.3, 0.4) is 0 Å². The molecule has 3 heteroatoms. The number of benzene rings is 1. The highest BCUT2D eigenvalue weighted by Crippen LogP contribution is 2.16. The molecule has 1 aromatic carbocycles. The van der Waals surface area contributed by atoms with Crippen LogP contribution in [0.15, 0.2) is 30.3 Å². The third kappa shape index (κ3) is 2.29. The van der Waals surface area contributed by atoms with Gasteiger partial charge in [0.2, 0.25) is 0 Å². The molecule has 1 aromatic rings. The van der Waals surface area contributed by atoms with E-state index in [1.807, 2.05) is 30.3 Å². The van der Waals surface area contributed by atoms with Crippen molar-refractivity contribution in [3.05, 3.63) is 35.9 Å². The van der Waals surface area contributed by atoms with E-state index < -0.39 is 6.10 Å². The zero-order chi connectivity index (χ0) is 9.68. The summed E-state index contributed by atoms with van der Waals surface area (Å²) in [5.74, 6) is -0.381. The van der Waals surface area contributed by atoms with Crippen molar-refractivity contribution in [2.24, 2.45) is 0 Å². The van der Waals surface area contributed by atoms with Crippen molar-refractivity contribution < 1.29 is 14.3 Å². The molecule has 0 radical (unpaired) electrons. The summed E-state index contributed by atoms with van der Waals surface area (Å²) in [6.45, 7) is 0. The molecule has 1 atom stereocenters. The van der Waals surface area contributed by atoms with Gasteiger partial charge in [-0.25, -0.2) is 4.79 Å². The van der Waals surface area contributed by atoms with Gasteiger partial charge in [0, 0.05) is 7.11 Å². The van der Waals surface area contributed by atoms with Gasteiger partial charge in [0.25, 0.3) is 0 Å². The monoisotopic (exact) mass is 180 g/mol. The first-order valence-electron chi connectivity index (χ1n) is 3.95. The Hall–Kier alpha value is -1.35. The fourth-order valence-electron chi connectivity index (χ4n) is 1.10. The molecule has 1 rings (SSSR count). The fraction of sp³-hybridized carbons (Fsp3) is 0.300. The molecule has 0 fully saturated rings. The molecule has 0 aliphatic heterocycles. The van der Waals surface area contributed by atoms with E-state index >= 15 is 0 Å². The van der Waals surface area contributed by atoms with Crippen LogP contribution in [0.4, 0.5) is 0 Å². The Bertz CT molecular complexity index is 269. The summed E-state index contributed by atoms with van der Waals surface area (Å²) >= 11 is 0. The van der Waals surface area contributed by atoms with Crippen molar-refractivity contribution in [3.63, 3.8) is 0 Å². The molecule has 3 nitrogen and oxygen atoms in total. The van der Waals surface area contributed by atoms with Crippen molar-refractivity contribution in [3.8, 4) is 0 Å². The predicted molar refractivity (Wildman–Crippen MR) is 48.2 cm³/mol. The number of ether oxygens (including phenoxy) is 2. The van der Waals surface area contributed by atoms with E-state index in [0.29, 0.717) is 0 Å². The molecule has 0 bridgehead atoms. The van der Waals surface area contributed by atoms with Crippen LogP contribution >= 0.6 is 0 Å². The summed E-state index contributed by atoms with van der Waals surface area (Å²) < 4.78 is 9.61. The average Bonchev–Trinajstić information content (AvgIpc) is 2.20. The van der Waals surface area contributed by atoms with Crippen molar-refractivity contribution in [1.82, 2.24) is 0 Å². The number of methoxy groups -OCH3 is 2. The molecule has 0 aliphatic rings. The molecular weight excluding hydrogens is 168 g/mol. The number of rotatable bonds is 3. The maximum Gasteiger partial charge on any atom is 0.339 e. The van der Waals surface area contributed by atoms with Gasteiger partial charge in [-0.15, -0.1) is 0 Å². The van der Waals surface area contributed by atoms with Crippen LogP contribution in [-0.2, 0) is 14.3 Å². The summed E-state index contributed by atoms with van der Waals surface area (Å²) in [7, 11) is 2.83. The van der Waals surface area contributed by atoms with E-state index in [4.69, 9.17) is 4.74 Å². The van der Waals surface area contributed by atoms with Crippen LogP contribution in [0.5, 0.6) is 0 Å². The summed E-state index contributed by atoms with van der Waals surface area (Å²) in [5.41, 5.74) is 0.803. The minimum Gasteiger partial charge on any atom is -0.467 e. The Balaban J connectivity index is 2.85. The van der Waals surface area contributed by atoms with Crippen LogP contribution in [0.2, 0.25) is 0 Å². The summed E-state index contributed by atoms with van der Waals surface area (Å²) in [6, 6.07) is 9.23. The molecule has 70 valence electrons. The lowest BCUT2D eigenvalue weighted by molar-refractivity contribution is -0.152. The Morgan fingerprint density at radius 3 is 2.31 bits per heavy atom. The quantitative estimate of drug-likeness (QED) is 0.662. The topological polar surface area (TPSA) is 35.5 Å². The Morgan fingerprint density at radius 2 is 1.85 bits per heavy atom. The standard InChI is InChI=1S/C10H12O3/c1-12-9(10(11)13-2)8-6-4-3-5-7-8/h3-7,9H,1-2H3/t9-/m1/s1. The molecule has 0 amide bonds. The van der Waals surface area contributed by atoms with Gasteiger partial charge in [-0.05, 0) is 5.56 Å². The average molecular weight is 180 g/mol. The molecule has 0 N–H and O–H groups in total. The van der Waals surface area contributed by atoms with Crippen LogP contribution in [0.1, 0.15) is 11.7 Å². The van der Waals surface area contributed by atoms with Gasteiger partial charge in [-0.1, -0.05) is 30.3 Å². The lowest BCUT2D eigenvalue weighted by Gasteiger charge is -2.12. The molecule has 0 saturated heterocycles. The van der Waals surface area contributed by atoms with E-state index in [2.05, 4.69) is 4.74 Å². The number of carbonyl (C=O) groups is 1. The Morgan fingerprint density at radius 1 is 1.23 bits per heavy atom. The van der Waals surface area contributed by atoms with E-state index in [9.17, 15) is 4.79 Å². The van der Waals surface area contributed by atoms with Crippen molar-refractivity contribution >= 4 is 5.97 Å². The highest BCUT2D eigenvalue weighted by molar-refractivity contribution is 5.76. The van der Waals surface area contributed by atoms with E-state index in [1.54, 1.807) is 0 Å². The minimum absolute atomic E-state index is 0.381. The first kappa shape index (κ1) is 9.74. The summed E-state index contributed by atoms with van der Waals surface area (Å²) in [6.07, 6.45) is -0.619. The zero-order valence-electron chi connectivity index (χ0n) is 7.69. The minimum atomic E-state index is -0.619. The second kappa shape index (κ2) is 4.62. The third-order valence-electron chi connectivity index (χ3n) is 1.75. The van der Waals surface area contributed by atoms with Gasteiger partial charge in [0.15, 0.2) is 6.10 Å². The van der Waals surface area contributed by atoms with Gasteiger partial charge in [0.05, 0.1) is 7.11 Å². The van der Waals surface area contributed by atoms with Gasteiger partial charge >= 0.3 is 5.97 Å². The van der Waals surface area contributed by atoms with Gasteiger partial charge in [0.1, 0.15) is 0 Å². The highest BCUT2D eigenvalue weighted by Gasteiger charge is 2.19. The molecule has 0 saturated carbocycles. The molecule has 0 unspecified atom stereocenters. The van der Waals surface area contributed by atoms with Crippen LogP contribution < -0.4 is 0 Å². The molecule has 0 heterocycles. The summed E-state index contributed by atoms with van der Waals surface area (Å²) in [5, 5.41) is 0. The van der Waals surface area contributed by atoms with Gasteiger partial charge < -0.3 is 9.47 Å². The fourth-order valence-corrected chi connectivity index (χ4v) is 1.10. The SMILES string of the molecule is COC(=O)[C@H](OC)c1ccccc1. The zero-order valence-corrected chi connectivity index (χ0v) is 7.69. The lowest BCUT2D eigenvalue weighted by Crippen LogP contribution is -2.15. The Kier molecular flexibility index (Phi) is 3.46.